The number of nitrogens with zero attached hydrogens (tertiary/aromatic N) is 2. The van der Waals surface area contributed by atoms with Gasteiger partial charge in [-0.3, -0.25) is 14.9 Å². The largest absolute Gasteiger partial charge is 0.325 e. The number of carbonyl (C=O) groups is 2. The maximum absolute atomic E-state index is 13.8. The van der Waals surface area contributed by atoms with Crippen LogP contribution in [0.1, 0.15) is 10.4 Å². The second kappa shape index (κ2) is 9.09. The standard InChI is InChI=1S/C17H11ClF2N4O2S2/c18-11-2-1-3-12(20)14(11)15(26)22-16-23-24-17(28-16)27-8-13(25)21-10-6-4-9(19)5-7-10/h1-7H,8H2,(H,21,25)(H,22,23,26). The fourth-order valence-electron chi connectivity index (χ4n) is 2.05. The molecule has 2 aromatic carbocycles. The molecule has 3 aromatic rings. The Bertz CT molecular complexity index is 994. The molecule has 0 aliphatic carbocycles. The Hall–Kier alpha value is -2.56. The highest BCUT2D eigenvalue weighted by molar-refractivity contribution is 8.01. The van der Waals surface area contributed by atoms with E-state index in [4.69, 9.17) is 11.6 Å². The van der Waals surface area contributed by atoms with Gasteiger partial charge >= 0.3 is 0 Å². The van der Waals surface area contributed by atoms with Gasteiger partial charge in [0.2, 0.25) is 11.0 Å². The highest BCUT2D eigenvalue weighted by atomic mass is 35.5. The van der Waals surface area contributed by atoms with E-state index >= 15 is 0 Å². The van der Waals surface area contributed by atoms with Crippen LogP contribution < -0.4 is 10.6 Å². The third kappa shape index (κ3) is 5.24. The Morgan fingerprint density at radius 3 is 2.54 bits per heavy atom. The predicted octanol–water partition coefficient (Wildman–Crippen LogP) is 4.45. The summed E-state index contributed by atoms with van der Waals surface area (Å²) in [5.74, 6) is -2.16. The first kappa shape index (κ1) is 20.2. The number of hydrogen-bond donors (Lipinski definition) is 2. The van der Waals surface area contributed by atoms with Crippen molar-refractivity contribution in [2.45, 2.75) is 4.34 Å². The van der Waals surface area contributed by atoms with Crippen molar-refractivity contribution in [3.8, 4) is 0 Å². The minimum absolute atomic E-state index is 0.0194. The van der Waals surface area contributed by atoms with Crippen molar-refractivity contribution in [1.29, 1.82) is 0 Å². The molecule has 0 bridgehead atoms. The number of rotatable bonds is 6. The highest BCUT2D eigenvalue weighted by Gasteiger charge is 2.18. The van der Waals surface area contributed by atoms with Crippen molar-refractivity contribution >= 4 is 57.3 Å². The van der Waals surface area contributed by atoms with Gasteiger partial charge in [0.15, 0.2) is 4.34 Å². The van der Waals surface area contributed by atoms with Crippen molar-refractivity contribution < 1.29 is 18.4 Å². The molecule has 11 heteroatoms. The van der Waals surface area contributed by atoms with Crippen LogP contribution in [-0.4, -0.2) is 27.8 Å². The Kier molecular flexibility index (Phi) is 6.55. The van der Waals surface area contributed by atoms with E-state index in [1.807, 2.05) is 0 Å². The van der Waals surface area contributed by atoms with E-state index in [9.17, 15) is 18.4 Å². The topological polar surface area (TPSA) is 84.0 Å². The van der Waals surface area contributed by atoms with Crippen LogP contribution in [0, 0.1) is 11.6 Å². The summed E-state index contributed by atoms with van der Waals surface area (Å²) in [6, 6.07) is 9.30. The van der Waals surface area contributed by atoms with Gasteiger partial charge in [-0.1, -0.05) is 40.8 Å². The van der Waals surface area contributed by atoms with Crippen LogP contribution in [0.25, 0.3) is 0 Å². The molecule has 0 radical (unpaired) electrons. The molecule has 3 rings (SSSR count). The minimum Gasteiger partial charge on any atom is -0.325 e. The third-order valence-corrected chi connectivity index (χ3v) is 5.56. The normalized spacial score (nSPS) is 10.5. The summed E-state index contributed by atoms with van der Waals surface area (Å²) in [7, 11) is 0. The van der Waals surface area contributed by atoms with Gasteiger partial charge in [-0.15, -0.1) is 10.2 Å². The van der Waals surface area contributed by atoms with Gasteiger partial charge in [0.1, 0.15) is 11.6 Å². The molecule has 1 aromatic heterocycles. The van der Waals surface area contributed by atoms with Crippen LogP contribution in [0.2, 0.25) is 5.02 Å². The van der Waals surface area contributed by atoms with Crippen molar-refractivity contribution in [1.82, 2.24) is 10.2 Å². The number of hydrogen-bond acceptors (Lipinski definition) is 6. The van der Waals surface area contributed by atoms with Crippen LogP contribution >= 0.6 is 34.7 Å². The quantitative estimate of drug-likeness (QED) is 0.437. The van der Waals surface area contributed by atoms with E-state index < -0.39 is 17.5 Å². The maximum atomic E-state index is 13.8. The molecule has 0 unspecified atom stereocenters. The molecule has 0 aliphatic rings. The smallest absolute Gasteiger partial charge is 0.261 e. The number of halogens is 3. The Balaban J connectivity index is 1.54. The molecule has 0 fully saturated rings. The predicted molar refractivity (Wildman–Crippen MR) is 105 cm³/mol. The van der Waals surface area contributed by atoms with Gasteiger partial charge < -0.3 is 5.32 Å². The fourth-order valence-corrected chi connectivity index (χ4v) is 3.85. The number of thioether (sulfide) groups is 1. The molecule has 0 aliphatic heterocycles. The monoisotopic (exact) mass is 440 g/mol. The van der Waals surface area contributed by atoms with E-state index in [2.05, 4.69) is 20.8 Å². The SMILES string of the molecule is O=C(CSc1nnc(NC(=O)c2c(F)cccc2Cl)s1)Nc1ccc(F)cc1. The number of nitrogens with one attached hydrogen (secondary N) is 2. The number of anilines is 2. The molecule has 0 saturated carbocycles. The fraction of sp³-hybridized carbons (Fsp3) is 0.0588. The second-order valence-electron chi connectivity index (χ2n) is 5.27. The lowest BCUT2D eigenvalue weighted by atomic mass is 10.2. The zero-order valence-corrected chi connectivity index (χ0v) is 16.3. The highest BCUT2D eigenvalue weighted by Crippen LogP contribution is 2.27. The van der Waals surface area contributed by atoms with E-state index in [1.54, 1.807) is 0 Å². The van der Waals surface area contributed by atoms with Crippen LogP contribution in [0.5, 0.6) is 0 Å². The van der Waals surface area contributed by atoms with Crippen molar-refractivity contribution in [2.75, 3.05) is 16.4 Å². The molecular weight excluding hydrogens is 430 g/mol. The van der Waals surface area contributed by atoms with Crippen LogP contribution in [0.15, 0.2) is 46.8 Å². The van der Waals surface area contributed by atoms with E-state index in [-0.39, 0.29) is 27.4 Å². The summed E-state index contributed by atoms with van der Waals surface area (Å²) < 4.78 is 27.1. The van der Waals surface area contributed by atoms with Gasteiger partial charge in [-0.25, -0.2) is 8.78 Å². The minimum atomic E-state index is -0.749. The summed E-state index contributed by atoms with van der Waals surface area (Å²) in [5.41, 5.74) is 0.186. The number of carbonyl (C=O) groups excluding carboxylic acids is 2. The van der Waals surface area contributed by atoms with Gasteiger partial charge in [0, 0.05) is 5.69 Å². The summed E-state index contributed by atoms with van der Waals surface area (Å²) in [6.07, 6.45) is 0. The average molecular weight is 441 g/mol. The second-order valence-corrected chi connectivity index (χ2v) is 7.87. The van der Waals surface area contributed by atoms with Gasteiger partial charge in [0.25, 0.3) is 5.91 Å². The van der Waals surface area contributed by atoms with E-state index in [0.717, 1.165) is 29.2 Å². The van der Waals surface area contributed by atoms with Crippen LogP contribution in [-0.2, 0) is 4.79 Å². The van der Waals surface area contributed by atoms with Crippen LogP contribution in [0.4, 0.5) is 19.6 Å². The van der Waals surface area contributed by atoms with E-state index in [1.165, 1.54) is 36.4 Å². The lowest BCUT2D eigenvalue weighted by Gasteiger charge is -2.04. The molecule has 144 valence electrons. The lowest BCUT2D eigenvalue weighted by molar-refractivity contribution is -0.113. The molecule has 0 saturated heterocycles. The first-order valence-electron chi connectivity index (χ1n) is 7.69. The summed E-state index contributed by atoms with van der Waals surface area (Å²) in [5, 5.41) is 12.8. The maximum Gasteiger partial charge on any atom is 0.261 e. The van der Waals surface area contributed by atoms with E-state index in [0.29, 0.717) is 10.0 Å². The molecule has 0 atom stereocenters. The third-order valence-electron chi connectivity index (χ3n) is 3.27. The molecule has 0 spiro atoms. The summed E-state index contributed by atoms with van der Waals surface area (Å²) in [6.45, 7) is 0. The zero-order chi connectivity index (χ0) is 20.1. The first-order valence-corrected chi connectivity index (χ1v) is 9.87. The number of aromatic nitrogens is 2. The number of amides is 2. The Labute approximate surface area is 171 Å². The molecule has 28 heavy (non-hydrogen) atoms. The first-order chi connectivity index (χ1) is 13.4. The Morgan fingerprint density at radius 2 is 1.82 bits per heavy atom. The molecule has 6 nitrogen and oxygen atoms in total. The van der Waals surface area contributed by atoms with Gasteiger partial charge in [0.05, 0.1) is 16.3 Å². The summed E-state index contributed by atoms with van der Waals surface area (Å²) in [4.78, 5) is 24.1. The summed E-state index contributed by atoms with van der Waals surface area (Å²) >= 11 is 7.99. The molecular formula is C17H11ClF2N4O2S2. The van der Waals surface area contributed by atoms with Crippen molar-refractivity contribution in [3.05, 3.63) is 64.7 Å². The molecule has 2 amide bonds. The van der Waals surface area contributed by atoms with Crippen molar-refractivity contribution in [2.24, 2.45) is 0 Å². The molecule has 1 heterocycles. The molecule has 2 N–H and O–H groups in total. The van der Waals surface area contributed by atoms with Crippen molar-refractivity contribution in [3.63, 3.8) is 0 Å². The zero-order valence-electron chi connectivity index (χ0n) is 13.9. The Morgan fingerprint density at radius 1 is 1.07 bits per heavy atom. The lowest BCUT2D eigenvalue weighted by Crippen LogP contribution is -2.14. The average Bonchev–Trinajstić information content (AvgIpc) is 3.09. The van der Waals surface area contributed by atoms with Gasteiger partial charge in [-0.05, 0) is 36.4 Å². The van der Waals surface area contributed by atoms with Crippen LogP contribution in [0.3, 0.4) is 0 Å². The van der Waals surface area contributed by atoms with Gasteiger partial charge in [-0.2, -0.15) is 0 Å². The number of benzene rings is 2.